The van der Waals surface area contributed by atoms with E-state index in [9.17, 15) is 0 Å². The van der Waals surface area contributed by atoms with Gasteiger partial charge < -0.3 is 0 Å². The van der Waals surface area contributed by atoms with Crippen LogP contribution < -0.4 is 0 Å². The first-order valence-electron chi connectivity index (χ1n) is 5.08. The van der Waals surface area contributed by atoms with E-state index >= 15 is 0 Å². The minimum absolute atomic E-state index is 0.495. The summed E-state index contributed by atoms with van der Waals surface area (Å²) in [5.41, 5.74) is 3.52. The van der Waals surface area contributed by atoms with Gasteiger partial charge >= 0.3 is 0 Å². The maximum absolute atomic E-state index is 9.09. The van der Waals surface area contributed by atoms with E-state index in [-0.39, 0.29) is 0 Å². The highest BCUT2D eigenvalue weighted by Gasteiger charge is 2.07. The Morgan fingerprint density at radius 3 is 2.41 bits per heavy atom. The first kappa shape index (κ1) is 12.0. The zero-order valence-electron chi connectivity index (χ0n) is 9.17. The van der Waals surface area contributed by atoms with E-state index in [0.717, 1.165) is 16.7 Å². The van der Waals surface area contributed by atoms with Crippen molar-refractivity contribution in [3.8, 4) is 17.2 Å². The number of hydrogen-bond donors (Lipinski definition) is 0. The second-order valence-corrected chi connectivity index (χ2v) is 4.60. The second-order valence-electron chi connectivity index (χ2n) is 3.79. The Morgan fingerprint density at radius 2 is 1.76 bits per heavy atom. The van der Waals surface area contributed by atoms with Gasteiger partial charge in [0.15, 0.2) is 0 Å². The summed E-state index contributed by atoms with van der Waals surface area (Å²) in [4.78, 5) is 0. The Labute approximate surface area is 110 Å². The minimum atomic E-state index is 0.495. The summed E-state index contributed by atoms with van der Waals surface area (Å²) in [6.07, 6.45) is 0. The molecule has 17 heavy (non-hydrogen) atoms. The number of nitriles is 1. The molecule has 0 unspecified atom stereocenters. The molecule has 0 radical (unpaired) electrons. The van der Waals surface area contributed by atoms with Crippen molar-refractivity contribution < 1.29 is 0 Å². The Bertz CT molecular complexity index is 612. The fourth-order valence-electron chi connectivity index (χ4n) is 1.66. The van der Waals surface area contributed by atoms with Crippen molar-refractivity contribution in [2.24, 2.45) is 0 Å². The molecule has 0 atom stereocenters. The van der Waals surface area contributed by atoms with Crippen molar-refractivity contribution in [3.63, 3.8) is 0 Å². The van der Waals surface area contributed by atoms with Gasteiger partial charge in [-0.1, -0.05) is 47.0 Å². The summed E-state index contributed by atoms with van der Waals surface area (Å²) in [5.74, 6) is 0. The first-order chi connectivity index (χ1) is 8.11. The van der Waals surface area contributed by atoms with Gasteiger partial charge in [-0.25, -0.2) is 0 Å². The van der Waals surface area contributed by atoms with Gasteiger partial charge in [-0.3, -0.25) is 0 Å². The van der Waals surface area contributed by atoms with E-state index in [2.05, 4.69) is 6.07 Å². The molecule has 0 amide bonds. The summed E-state index contributed by atoms with van der Waals surface area (Å²) in [5, 5.41) is 10.1. The SMILES string of the molecule is Cc1ccc(C#N)c(-c2ccc(Cl)c(Cl)c2)c1. The van der Waals surface area contributed by atoms with Crippen LogP contribution in [0.15, 0.2) is 36.4 Å². The van der Waals surface area contributed by atoms with Crippen molar-refractivity contribution in [2.75, 3.05) is 0 Å². The maximum Gasteiger partial charge on any atom is 0.0998 e. The molecule has 2 aromatic rings. The molecule has 3 heteroatoms. The fraction of sp³-hybridized carbons (Fsp3) is 0.0714. The van der Waals surface area contributed by atoms with Crippen molar-refractivity contribution in [3.05, 3.63) is 57.6 Å². The molecule has 0 saturated heterocycles. The molecular weight excluding hydrogens is 253 g/mol. The van der Waals surface area contributed by atoms with E-state index in [0.29, 0.717) is 15.6 Å². The highest BCUT2D eigenvalue weighted by Crippen LogP contribution is 2.30. The molecule has 0 heterocycles. The average Bonchev–Trinajstić information content (AvgIpc) is 2.32. The van der Waals surface area contributed by atoms with Crippen LogP contribution in [0.4, 0.5) is 0 Å². The van der Waals surface area contributed by atoms with Gasteiger partial charge in [-0.15, -0.1) is 0 Å². The molecule has 0 spiro atoms. The van der Waals surface area contributed by atoms with Gasteiger partial charge in [0.2, 0.25) is 0 Å². The lowest BCUT2D eigenvalue weighted by Crippen LogP contribution is -1.86. The molecule has 0 N–H and O–H groups in total. The third-order valence-electron chi connectivity index (χ3n) is 2.53. The Hall–Kier alpha value is -1.49. The summed E-state index contributed by atoms with van der Waals surface area (Å²) < 4.78 is 0. The van der Waals surface area contributed by atoms with Gasteiger partial charge in [0.25, 0.3) is 0 Å². The zero-order chi connectivity index (χ0) is 12.4. The fourth-order valence-corrected chi connectivity index (χ4v) is 1.96. The quantitative estimate of drug-likeness (QED) is 0.721. The van der Waals surface area contributed by atoms with Crippen LogP contribution in [0.2, 0.25) is 10.0 Å². The van der Waals surface area contributed by atoms with Crippen LogP contribution >= 0.6 is 23.2 Å². The number of nitrogens with zero attached hydrogens (tertiary/aromatic N) is 1. The van der Waals surface area contributed by atoms with Crippen LogP contribution in [0.5, 0.6) is 0 Å². The van der Waals surface area contributed by atoms with E-state index in [4.69, 9.17) is 28.5 Å². The van der Waals surface area contributed by atoms with Gasteiger partial charge in [-0.2, -0.15) is 5.26 Å². The Morgan fingerprint density at radius 1 is 1.00 bits per heavy atom. The number of aryl methyl sites for hydroxylation is 1. The van der Waals surface area contributed by atoms with Crippen LogP contribution in [0.1, 0.15) is 11.1 Å². The lowest BCUT2D eigenvalue weighted by molar-refractivity contribution is 1.42. The van der Waals surface area contributed by atoms with Gasteiger partial charge in [0.1, 0.15) is 0 Å². The molecule has 0 aliphatic carbocycles. The number of halogens is 2. The zero-order valence-corrected chi connectivity index (χ0v) is 10.7. The van der Waals surface area contributed by atoms with E-state index in [1.807, 2.05) is 31.2 Å². The van der Waals surface area contributed by atoms with Crippen LogP contribution in [0.3, 0.4) is 0 Å². The summed E-state index contributed by atoms with van der Waals surface area (Å²) in [7, 11) is 0. The molecule has 84 valence electrons. The Kier molecular flexibility index (Phi) is 3.38. The van der Waals surface area contributed by atoms with Crippen LogP contribution in [-0.2, 0) is 0 Å². The maximum atomic E-state index is 9.09. The van der Waals surface area contributed by atoms with Gasteiger partial charge in [-0.05, 0) is 36.2 Å². The van der Waals surface area contributed by atoms with Crippen LogP contribution in [-0.4, -0.2) is 0 Å². The lowest BCUT2D eigenvalue weighted by atomic mass is 9.98. The van der Waals surface area contributed by atoms with Gasteiger partial charge in [0, 0.05) is 0 Å². The number of benzene rings is 2. The molecule has 2 rings (SSSR count). The second kappa shape index (κ2) is 4.79. The molecule has 0 aliphatic heterocycles. The normalized spacial score (nSPS) is 10.0. The van der Waals surface area contributed by atoms with Crippen molar-refractivity contribution >= 4 is 23.2 Å². The van der Waals surface area contributed by atoms with E-state index in [1.54, 1.807) is 12.1 Å². The molecule has 0 saturated carbocycles. The molecule has 0 aliphatic rings. The third-order valence-corrected chi connectivity index (χ3v) is 3.27. The highest BCUT2D eigenvalue weighted by molar-refractivity contribution is 6.42. The molecular formula is C14H9Cl2N. The molecule has 0 bridgehead atoms. The predicted molar refractivity (Wildman–Crippen MR) is 71.4 cm³/mol. The lowest BCUT2D eigenvalue weighted by Gasteiger charge is -2.07. The smallest absolute Gasteiger partial charge is 0.0998 e. The molecule has 0 aromatic heterocycles. The largest absolute Gasteiger partial charge is 0.192 e. The standard InChI is InChI=1S/C14H9Cl2N/c1-9-2-3-11(8-17)12(6-9)10-4-5-13(15)14(16)7-10/h2-7H,1H3. The van der Waals surface area contributed by atoms with Gasteiger partial charge in [0.05, 0.1) is 21.7 Å². The van der Waals surface area contributed by atoms with Crippen molar-refractivity contribution in [1.82, 2.24) is 0 Å². The van der Waals surface area contributed by atoms with Crippen molar-refractivity contribution in [2.45, 2.75) is 6.92 Å². The Balaban J connectivity index is 2.63. The monoisotopic (exact) mass is 261 g/mol. The molecule has 1 nitrogen and oxygen atoms in total. The molecule has 2 aromatic carbocycles. The number of hydrogen-bond acceptors (Lipinski definition) is 1. The predicted octanol–water partition coefficient (Wildman–Crippen LogP) is 4.84. The van der Waals surface area contributed by atoms with E-state index < -0.39 is 0 Å². The highest BCUT2D eigenvalue weighted by atomic mass is 35.5. The van der Waals surface area contributed by atoms with Crippen molar-refractivity contribution in [1.29, 1.82) is 5.26 Å². The topological polar surface area (TPSA) is 23.8 Å². The minimum Gasteiger partial charge on any atom is -0.192 e. The third kappa shape index (κ3) is 2.44. The summed E-state index contributed by atoms with van der Waals surface area (Å²) in [6.45, 7) is 1.99. The first-order valence-corrected chi connectivity index (χ1v) is 5.83. The van der Waals surface area contributed by atoms with Crippen LogP contribution in [0, 0.1) is 18.3 Å². The number of rotatable bonds is 1. The summed E-state index contributed by atoms with van der Waals surface area (Å²) in [6, 6.07) is 13.3. The summed E-state index contributed by atoms with van der Waals surface area (Å²) >= 11 is 11.9. The average molecular weight is 262 g/mol. The van der Waals surface area contributed by atoms with E-state index in [1.165, 1.54) is 0 Å². The van der Waals surface area contributed by atoms with Crippen LogP contribution in [0.25, 0.3) is 11.1 Å². The molecule has 0 fully saturated rings.